The highest BCUT2D eigenvalue weighted by atomic mass is 79.9. The van der Waals surface area contributed by atoms with Crippen molar-refractivity contribution in [1.82, 2.24) is 0 Å². The standard InChI is InChI=1S/C24H31BrO6/c1-15-22(28-11-12-29-22)10-9-20(2)13-17(26)23(25)19-24(15,20)31-21(23,3)14-27-18(30-19)16-7-5-4-6-8-16/h4-8,15,17-19,26H,9-14H2,1-3H3/t15-,17+,18?,19-,20+,21+,23+,24-/m0/s1. The molecule has 2 aliphatic carbocycles. The number of benzene rings is 1. The minimum atomic E-state index is -0.797. The van der Waals surface area contributed by atoms with Crippen molar-refractivity contribution in [3.8, 4) is 0 Å². The van der Waals surface area contributed by atoms with Crippen molar-refractivity contribution in [2.24, 2.45) is 11.3 Å². The molecule has 3 aliphatic heterocycles. The Bertz CT molecular complexity index is 876. The molecule has 31 heavy (non-hydrogen) atoms. The zero-order valence-electron chi connectivity index (χ0n) is 18.3. The molecule has 5 fully saturated rings. The Morgan fingerprint density at radius 3 is 2.48 bits per heavy atom. The van der Waals surface area contributed by atoms with E-state index in [2.05, 4.69) is 29.8 Å². The maximum atomic E-state index is 11.5. The van der Waals surface area contributed by atoms with Crippen LogP contribution in [0.1, 0.15) is 51.9 Å². The summed E-state index contributed by atoms with van der Waals surface area (Å²) in [5.74, 6) is -0.753. The van der Waals surface area contributed by atoms with Crippen LogP contribution in [-0.2, 0) is 23.7 Å². The maximum Gasteiger partial charge on any atom is 0.184 e. The van der Waals surface area contributed by atoms with Crippen LogP contribution >= 0.6 is 15.9 Å². The summed E-state index contributed by atoms with van der Waals surface area (Å²) in [6, 6.07) is 10.0. The van der Waals surface area contributed by atoms with Gasteiger partial charge in [-0.25, -0.2) is 0 Å². The summed E-state index contributed by atoms with van der Waals surface area (Å²) >= 11 is 4.00. The van der Waals surface area contributed by atoms with Gasteiger partial charge in [-0.1, -0.05) is 60.1 Å². The van der Waals surface area contributed by atoms with E-state index in [1.165, 1.54) is 0 Å². The fourth-order valence-electron chi connectivity index (χ4n) is 7.31. The van der Waals surface area contributed by atoms with E-state index in [0.29, 0.717) is 26.2 Å². The van der Waals surface area contributed by atoms with Gasteiger partial charge in [0.15, 0.2) is 12.1 Å². The molecule has 2 saturated carbocycles. The third-order valence-electron chi connectivity index (χ3n) is 8.99. The average molecular weight is 495 g/mol. The Labute approximate surface area is 191 Å². The van der Waals surface area contributed by atoms with E-state index in [9.17, 15) is 5.11 Å². The lowest BCUT2D eigenvalue weighted by Crippen LogP contribution is -2.74. The number of aliphatic hydroxyl groups is 1. The molecule has 170 valence electrons. The van der Waals surface area contributed by atoms with E-state index in [4.69, 9.17) is 23.7 Å². The van der Waals surface area contributed by atoms with Crippen molar-refractivity contribution in [2.45, 2.75) is 79.8 Å². The number of rotatable bonds is 1. The quantitative estimate of drug-likeness (QED) is 0.600. The van der Waals surface area contributed by atoms with E-state index in [-0.39, 0.29) is 11.3 Å². The van der Waals surface area contributed by atoms with Crippen LogP contribution in [0.5, 0.6) is 0 Å². The molecule has 7 heteroatoms. The molecule has 1 aromatic rings. The van der Waals surface area contributed by atoms with Crippen LogP contribution < -0.4 is 0 Å². The lowest BCUT2D eigenvalue weighted by atomic mass is 9.49. The minimum Gasteiger partial charge on any atom is -0.391 e. The molecule has 3 heterocycles. The van der Waals surface area contributed by atoms with Gasteiger partial charge in [-0.05, 0) is 19.8 Å². The average Bonchev–Trinajstić information content (AvgIpc) is 3.25. The zero-order chi connectivity index (χ0) is 21.7. The number of hydrogen-bond donors (Lipinski definition) is 1. The molecule has 2 spiro atoms. The third-order valence-corrected chi connectivity index (χ3v) is 10.8. The number of halogens is 1. The molecule has 6 rings (SSSR count). The second kappa shape index (κ2) is 6.53. The van der Waals surface area contributed by atoms with E-state index < -0.39 is 39.8 Å². The van der Waals surface area contributed by atoms with Crippen molar-refractivity contribution in [2.75, 3.05) is 19.8 Å². The summed E-state index contributed by atoms with van der Waals surface area (Å²) in [5, 5.41) is 11.5. The van der Waals surface area contributed by atoms with Crippen LogP contribution in [0.15, 0.2) is 30.3 Å². The second-order valence-corrected chi connectivity index (χ2v) is 11.8. The van der Waals surface area contributed by atoms with Gasteiger partial charge in [0.1, 0.15) is 21.6 Å². The summed E-state index contributed by atoms with van der Waals surface area (Å²) in [4.78, 5) is 0. The first-order valence-electron chi connectivity index (χ1n) is 11.4. The van der Waals surface area contributed by atoms with Gasteiger partial charge >= 0.3 is 0 Å². The minimum absolute atomic E-state index is 0.0768. The molecule has 0 aromatic heterocycles. The van der Waals surface area contributed by atoms with Crippen molar-refractivity contribution in [3.05, 3.63) is 35.9 Å². The molecular weight excluding hydrogens is 464 g/mol. The summed E-state index contributed by atoms with van der Waals surface area (Å²) in [6.45, 7) is 7.96. The van der Waals surface area contributed by atoms with Gasteiger partial charge in [0.25, 0.3) is 0 Å². The van der Waals surface area contributed by atoms with Crippen LogP contribution in [0.3, 0.4) is 0 Å². The molecule has 5 aliphatic rings. The number of aliphatic hydroxyl groups excluding tert-OH is 1. The molecule has 4 bridgehead atoms. The summed E-state index contributed by atoms with van der Waals surface area (Å²) in [6.07, 6.45) is 0.656. The largest absolute Gasteiger partial charge is 0.391 e. The SMILES string of the molecule is C[C@H]1C2(CC[C@]3(C)C[C@@H](O)[C@@]4(Br)[C@@H]5OC(c6ccccc6)OC[C@@]4(C)O[C@@]153)OCCO2. The van der Waals surface area contributed by atoms with Crippen molar-refractivity contribution < 1.29 is 28.8 Å². The zero-order valence-corrected chi connectivity index (χ0v) is 19.9. The third kappa shape index (κ3) is 2.39. The first-order valence-corrected chi connectivity index (χ1v) is 12.2. The maximum absolute atomic E-state index is 11.5. The molecule has 3 saturated heterocycles. The van der Waals surface area contributed by atoms with E-state index >= 15 is 0 Å². The topological polar surface area (TPSA) is 66.4 Å². The molecule has 0 radical (unpaired) electrons. The van der Waals surface area contributed by atoms with Crippen LogP contribution in [0.2, 0.25) is 0 Å². The monoisotopic (exact) mass is 494 g/mol. The van der Waals surface area contributed by atoms with Gasteiger partial charge in [-0.2, -0.15) is 0 Å². The molecular formula is C24H31BrO6. The Kier molecular flexibility index (Phi) is 4.43. The van der Waals surface area contributed by atoms with Gasteiger partial charge < -0.3 is 28.8 Å². The number of ether oxygens (including phenoxy) is 5. The predicted octanol–water partition coefficient (Wildman–Crippen LogP) is 3.71. The highest BCUT2D eigenvalue weighted by Crippen LogP contribution is 2.73. The number of alkyl halides is 1. The van der Waals surface area contributed by atoms with Gasteiger partial charge in [0.2, 0.25) is 0 Å². The van der Waals surface area contributed by atoms with Crippen LogP contribution in [0, 0.1) is 11.3 Å². The molecule has 6 nitrogen and oxygen atoms in total. The van der Waals surface area contributed by atoms with E-state index in [0.717, 1.165) is 18.4 Å². The normalized spacial score (nSPS) is 52.7. The van der Waals surface area contributed by atoms with Gasteiger partial charge in [-0.3, -0.25) is 0 Å². The van der Waals surface area contributed by atoms with Gasteiger partial charge in [-0.15, -0.1) is 0 Å². The Morgan fingerprint density at radius 1 is 1.06 bits per heavy atom. The Morgan fingerprint density at radius 2 is 1.77 bits per heavy atom. The van der Waals surface area contributed by atoms with Crippen LogP contribution in [-0.4, -0.2) is 58.4 Å². The molecule has 1 aromatic carbocycles. The second-order valence-electron chi connectivity index (χ2n) is 10.5. The van der Waals surface area contributed by atoms with Crippen LogP contribution in [0.25, 0.3) is 0 Å². The summed E-state index contributed by atoms with van der Waals surface area (Å²) in [5.41, 5.74) is -0.787. The van der Waals surface area contributed by atoms with E-state index in [1.54, 1.807) is 0 Å². The van der Waals surface area contributed by atoms with Crippen molar-refractivity contribution in [1.29, 1.82) is 0 Å². The van der Waals surface area contributed by atoms with Gasteiger partial charge in [0, 0.05) is 23.3 Å². The summed E-state index contributed by atoms with van der Waals surface area (Å²) < 4.78 is 31.9. The highest BCUT2D eigenvalue weighted by molar-refractivity contribution is 9.10. The Hall–Kier alpha value is -0.540. The molecule has 1 N–H and O–H groups in total. The smallest absolute Gasteiger partial charge is 0.184 e. The fourth-order valence-corrected chi connectivity index (χ4v) is 8.12. The molecule has 0 amide bonds. The molecule has 1 unspecified atom stereocenters. The summed E-state index contributed by atoms with van der Waals surface area (Å²) in [7, 11) is 0. The molecule has 8 atom stereocenters. The van der Waals surface area contributed by atoms with Crippen molar-refractivity contribution in [3.63, 3.8) is 0 Å². The van der Waals surface area contributed by atoms with Crippen LogP contribution in [0.4, 0.5) is 0 Å². The predicted molar refractivity (Wildman–Crippen MR) is 116 cm³/mol. The van der Waals surface area contributed by atoms with E-state index in [1.807, 2.05) is 37.3 Å². The number of hydrogen-bond acceptors (Lipinski definition) is 6. The highest BCUT2D eigenvalue weighted by Gasteiger charge is 2.84. The fraction of sp³-hybridized carbons (Fsp3) is 0.750. The van der Waals surface area contributed by atoms with Gasteiger partial charge in [0.05, 0.1) is 25.9 Å². The lowest BCUT2D eigenvalue weighted by Gasteiger charge is -2.63. The first kappa shape index (κ1) is 21.0. The lowest BCUT2D eigenvalue weighted by molar-refractivity contribution is -0.353. The first-order chi connectivity index (χ1) is 14.7. The van der Waals surface area contributed by atoms with Crippen molar-refractivity contribution >= 4 is 15.9 Å². The Balaban J connectivity index is 1.52.